The van der Waals surface area contributed by atoms with E-state index >= 15 is 0 Å². The van der Waals surface area contributed by atoms with E-state index in [4.69, 9.17) is 5.10 Å². The molecule has 6 nitrogen and oxygen atoms in total. The number of carbonyl (C=O) groups is 2. The molecule has 1 aliphatic heterocycles. The summed E-state index contributed by atoms with van der Waals surface area (Å²) in [5.41, 5.74) is 3.92. The van der Waals surface area contributed by atoms with Gasteiger partial charge in [-0.15, -0.1) is 0 Å². The van der Waals surface area contributed by atoms with Crippen LogP contribution in [-0.4, -0.2) is 44.8 Å². The molecule has 4 rings (SSSR count). The summed E-state index contributed by atoms with van der Waals surface area (Å²) in [5, 5.41) is 14.5. The van der Waals surface area contributed by atoms with Gasteiger partial charge in [-0.3, -0.25) is 9.59 Å². The van der Waals surface area contributed by atoms with Crippen LogP contribution < -0.4 is 0 Å². The first kappa shape index (κ1) is 18.7. The average molecular weight is 381 g/mol. The number of rotatable bonds is 4. The lowest BCUT2D eigenvalue weighted by Crippen LogP contribution is -2.40. The predicted molar refractivity (Wildman–Crippen MR) is 106 cm³/mol. The molecule has 28 heavy (non-hydrogen) atoms. The van der Waals surface area contributed by atoms with E-state index in [2.05, 4.69) is 0 Å². The molecule has 1 fully saturated rings. The molecule has 1 amide bonds. The fourth-order valence-electron chi connectivity index (χ4n) is 4.56. The normalized spacial score (nSPS) is 21.4. The largest absolute Gasteiger partial charge is 0.481 e. The number of carbonyl (C=O) groups excluding carboxylic acids is 1. The second kappa shape index (κ2) is 6.76. The molecule has 1 atom stereocenters. The molecule has 0 bridgehead atoms. The number of hydrogen-bond donors (Lipinski definition) is 1. The summed E-state index contributed by atoms with van der Waals surface area (Å²) < 4.78 is 1.90. The zero-order valence-electron chi connectivity index (χ0n) is 16.7. The molecule has 1 aromatic carbocycles. The Bertz CT molecular complexity index is 929. The molecule has 1 N–H and O–H groups in total. The van der Waals surface area contributed by atoms with Crippen LogP contribution in [0.4, 0.5) is 0 Å². The first-order valence-electron chi connectivity index (χ1n) is 10.0. The van der Waals surface area contributed by atoms with E-state index < -0.39 is 11.4 Å². The highest BCUT2D eigenvalue weighted by molar-refractivity contribution is 5.95. The van der Waals surface area contributed by atoms with E-state index in [9.17, 15) is 14.7 Å². The number of amides is 1. The Balaban J connectivity index is 1.67. The van der Waals surface area contributed by atoms with Gasteiger partial charge in [0, 0.05) is 24.3 Å². The van der Waals surface area contributed by atoms with Gasteiger partial charge in [0.25, 0.3) is 5.91 Å². The fourth-order valence-corrected chi connectivity index (χ4v) is 4.56. The van der Waals surface area contributed by atoms with Crippen LogP contribution in [0.2, 0.25) is 0 Å². The van der Waals surface area contributed by atoms with Crippen molar-refractivity contribution in [1.29, 1.82) is 0 Å². The Hall–Kier alpha value is -2.63. The van der Waals surface area contributed by atoms with E-state index in [1.807, 2.05) is 49.7 Å². The van der Waals surface area contributed by atoms with Crippen LogP contribution in [0.15, 0.2) is 24.3 Å². The van der Waals surface area contributed by atoms with Gasteiger partial charge in [0.15, 0.2) is 5.69 Å². The van der Waals surface area contributed by atoms with E-state index in [1.54, 1.807) is 4.90 Å². The summed E-state index contributed by atoms with van der Waals surface area (Å²) in [6, 6.07) is 8.15. The van der Waals surface area contributed by atoms with Crippen molar-refractivity contribution in [3.8, 4) is 5.69 Å². The molecule has 2 heterocycles. The van der Waals surface area contributed by atoms with Crippen molar-refractivity contribution >= 4 is 11.9 Å². The molecule has 1 aliphatic carbocycles. The molecule has 1 unspecified atom stereocenters. The minimum absolute atomic E-state index is 0.0290. The molecule has 2 aromatic rings. The Morgan fingerprint density at radius 1 is 1.18 bits per heavy atom. The number of hydrogen-bond acceptors (Lipinski definition) is 3. The third-order valence-corrected chi connectivity index (χ3v) is 6.53. The minimum atomic E-state index is -0.863. The summed E-state index contributed by atoms with van der Waals surface area (Å²) in [5.74, 6) is -0.973. The van der Waals surface area contributed by atoms with Crippen molar-refractivity contribution < 1.29 is 14.7 Å². The van der Waals surface area contributed by atoms with Crippen LogP contribution in [0.1, 0.15) is 54.0 Å². The lowest BCUT2D eigenvalue weighted by molar-refractivity contribution is -0.150. The standard InChI is InChI=1S/C22H27N3O3/c1-14(2)22(21(27)28)11-12-24(13-22)20(26)19-17-5-4-6-18(17)25(23-19)16-9-7-15(3)8-10-16/h7-10,14H,4-6,11-13H2,1-3H3,(H,27,28). The van der Waals surface area contributed by atoms with Gasteiger partial charge in [-0.1, -0.05) is 31.5 Å². The summed E-state index contributed by atoms with van der Waals surface area (Å²) in [7, 11) is 0. The highest BCUT2D eigenvalue weighted by Crippen LogP contribution is 2.39. The summed E-state index contributed by atoms with van der Waals surface area (Å²) >= 11 is 0. The minimum Gasteiger partial charge on any atom is -0.481 e. The number of carboxylic acid groups (broad SMARTS) is 1. The van der Waals surface area contributed by atoms with Gasteiger partial charge in [-0.05, 0) is 50.7 Å². The van der Waals surface area contributed by atoms with Crippen LogP contribution in [0.3, 0.4) is 0 Å². The average Bonchev–Trinajstić information content (AvgIpc) is 3.37. The molecule has 0 saturated carbocycles. The van der Waals surface area contributed by atoms with Crippen molar-refractivity contribution in [2.75, 3.05) is 13.1 Å². The zero-order valence-corrected chi connectivity index (χ0v) is 16.7. The SMILES string of the molecule is Cc1ccc(-n2nc(C(=O)N3CCC(C(=O)O)(C(C)C)C3)c3c2CCC3)cc1. The Kier molecular flexibility index (Phi) is 4.52. The maximum absolute atomic E-state index is 13.3. The van der Waals surface area contributed by atoms with Crippen molar-refractivity contribution in [2.45, 2.75) is 46.5 Å². The summed E-state index contributed by atoms with van der Waals surface area (Å²) in [6.45, 7) is 6.61. The van der Waals surface area contributed by atoms with Crippen LogP contribution in [-0.2, 0) is 17.6 Å². The Morgan fingerprint density at radius 2 is 1.89 bits per heavy atom. The van der Waals surface area contributed by atoms with Gasteiger partial charge < -0.3 is 10.0 Å². The molecule has 0 spiro atoms. The lowest BCUT2D eigenvalue weighted by Gasteiger charge is -2.28. The Morgan fingerprint density at radius 3 is 2.50 bits per heavy atom. The lowest BCUT2D eigenvalue weighted by atomic mass is 9.76. The maximum atomic E-state index is 13.3. The molecule has 6 heteroatoms. The zero-order chi connectivity index (χ0) is 20.1. The van der Waals surface area contributed by atoms with E-state index in [1.165, 1.54) is 5.56 Å². The number of aryl methyl sites for hydroxylation is 1. The molecule has 1 aromatic heterocycles. The number of likely N-dealkylation sites (tertiary alicyclic amines) is 1. The number of nitrogens with zero attached hydrogens (tertiary/aromatic N) is 3. The van der Waals surface area contributed by atoms with E-state index in [-0.39, 0.29) is 18.4 Å². The monoisotopic (exact) mass is 381 g/mol. The van der Waals surface area contributed by atoms with Gasteiger partial charge in [-0.25, -0.2) is 4.68 Å². The summed E-state index contributed by atoms with van der Waals surface area (Å²) in [4.78, 5) is 26.9. The summed E-state index contributed by atoms with van der Waals surface area (Å²) in [6.07, 6.45) is 3.27. The molecular weight excluding hydrogens is 354 g/mol. The van der Waals surface area contributed by atoms with Gasteiger partial charge in [0.2, 0.25) is 0 Å². The van der Waals surface area contributed by atoms with Gasteiger partial charge >= 0.3 is 5.97 Å². The van der Waals surface area contributed by atoms with Crippen LogP contribution in [0, 0.1) is 18.3 Å². The molecular formula is C22H27N3O3. The van der Waals surface area contributed by atoms with Crippen molar-refractivity contribution in [1.82, 2.24) is 14.7 Å². The van der Waals surface area contributed by atoms with E-state index in [0.717, 1.165) is 36.2 Å². The topological polar surface area (TPSA) is 75.4 Å². The highest BCUT2D eigenvalue weighted by Gasteiger charge is 2.49. The Labute approximate surface area is 165 Å². The smallest absolute Gasteiger partial charge is 0.311 e. The first-order chi connectivity index (χ1) is 13.3. The number of aromatic nitrogens is 2. The van der Waals surface area contributed by atoms with Crippen LogP contribution in [0.5, 0.6) is 0 Å². The van der Waals surface area contributed by atoms with Gasteiger partial charge in [0.05, 0.1) is 11.1 Å². The van der Waals surface area contributed by atoms with Crippen molar-refractivity contribution in [3.05, 3.63) is 46.8 Å². The van der Waals surface area contributed by atoms with Crippen molar-refractivity contribution in [3.63, 3.8) is 0 Å². The third kappa shape index (κ3) is 2.82. The maximum Gasteiger partial charge on any atom is 0.311 e. The molecule has 0 radical (unpaired) electrons. The van der Waals surface area contributed by atoms with E-state index in [0.29, 0.717) is 18.7 Å². The second-order valence-electron chi connectivity index (χ2n) is 8.47. The quantitative estimate of drug-likeness (QED) is 0.882. The van der Waals surface area contributed by atoms with Crippen LogP contribution >= 0.6 is 0 Å². The second-order valence-corrected chi connectivity index (χ2v) is 8.47. The first-order valence-corrected chi connectivity index (χ1v) is 10.0. The number of carboxylic acids is 1. The number of fused-ring (bicyclic) bond motifs is 1. The number of benzene rings is 1. The number of aliphatic carboxylic acids is 1. The molecule has 148 valence electrons. The van der Waals surface area contributed by atoms with Gasteiger partial charge in [0.1, 0.15) is 0 Å². The third-order valence-electron chi connectivity index (χ3n) is 6.53. The fraction of sp³-hybridized carbons (Fsp3) is 0.500. The van der Waals surface area contributed by atoms with Crippen molar-refractivity contribution in [2.24, 2.45) is 11.3 Å². The van der Waals surface area contributed by atoms with Crippen LogP contribution in [0.25, 0.3) is 5.69 Å². The van der Waals surface area contributed by atoms with Gasteiger partial charge in [-0.2, -0.15) is 5.10 Å². The predicted octanol–water partition coefficient (Wildman–Crippen LogP) is 3.24. The molecule has 1 saturated heterocycles. The molecule has 2 aliphatic rings. The highest BCUT2D eigenvalue weighted by atomic mass is 16.4.